The molecule has 2 aromatic heterocycles. The largest absolute Gasteiger partial charge is 1.00 e. The van der Waals surface area contributed by atoms with Gasteiger partial charge in [0.2, 0.25) is 0 Å². The third-order valence-electron chi connectivity index (χ3n) is 3.71. The van der Waals surface area contributed by atoms with E-state index in [4.69, 9.17) is 5.73 Å². The molecule has 0 fully saturated rings. The van der Waals surface area contributed by atoms with Crippen molar-refractivity contribution in [2.45, 2.75) is 12.7 Å². The summed E-state index contributed by atoms with van der Waals surface area (Å²) < 4.78 is 42.4. The highest BCUT2D eigenvalue weighted by Crippen LogP contribution is 2.37. The summed E-state index contributed by atoms with van der Waals surface area (Å²) in [7, 11) is 1.91. The van der Waals surface area contributed by atoms with E-state index in [2.05, 4.69) is 15.3 Å². The number of nitrogens with zero attached hydrogens (tertiary/aromatic N) is 5. The van der Waals surface area contributed by atoms with Gasteiger partial charge in [0.1, 0.15) is 18.6 Å². The topological polar surface area (TPSA) is 72.4 Å². The molecule has 0 amide bonds. The zero-order chi connectivity index (χ0) is 18.7. The highest BCUT2D eigenvalue weighted by atomic mass is 35.5. The second-order valence-electron chi connectivity index (χ2n) is 5.66. The zero-order valence-electron chi connectivity index (χ0n) is 14.2. The number of nitrogens with two attached hydrogens (primary N) is 1. The van der Waals surface area contributed by atoms with E-state index in [9.17, 15) is 13.2 Å². The first-order chi connectivity index (χ1) is 12.3. The number of aryl methyl sites for hydroxylation is 1. The molecule has 0 unspecified atom stereocenters. The number of rotatable bonds is 4. The summed E-state index contributed by atoms with van der Waals surface area (Å²) >= 11 is 0. The van der Waals surface area contributed by atoms with Crippen molar-refractivity contribution in [1.82, 2.24) is 9.78 Å². The molecule has 0 aliphatic rings. The summed E-state index contributed by atoms with van der Waals surface area (Å²) in [5.41, 5.74) is 6.05. The van der Waals surface area contributed by atoms with Gasteiger partial charge in [-0.05, 0) is 17.7 Å². The van der Waals surface area contributed by atoms with E-state index >= 15 is 0 Å². The molecule has 6 nitrogen and oxygen atoms in total. The SMILES string of the molecule is C[n+]1ccc(Cn2ncc(N=Nc3ccccc3C(F)(F)F)c2N)cc1.[Cl-]. The number of halogens is 4. The molecule has 3 aromatic rings. The Morgan fingerprint density at radius 1 is 1.07 bits per heavy atom. The van der Waals surface area contributed by atoms with Crippen molar-refractivity contribution < 1.29 is 30.1 Å². The van der Waals surface area contributed by atoms with Crippen LogP contribution in [0.1, 0.15) is 11.1 Å². The van der Waals surface area contributed by atoms with Gasteiger partial charge in [-0.3, -0.25) is 0 Å². The van der Waals surface area contributed by atoms with Crippen LogP contribution in [0.15, 0.2) is 65.2 Å². The predicted molar refractivity (Wildman–Crippen MR) is 89.0 cm³/mol. The van der Waals surface area contributed by atoms with Crippen molar-refractivity contribution in [2.75, 3.05) is 5.73 Å². The van der Waals surface area contributed by atoms with Gasteiger partial charge in [-0.15, -0.1) is 10.2 Å². The summed E-state index contributed by atoms with van der Waals surface area (Å²) in [6, 6.07) is 8.80. The van der Waals surface area contributed by atoms with E-state index in [0.717, 1.165) is 11.6 Å². The summed E-state index contributed by atoms with van der Waals surface area (Å²) in [5.74, 6) is 0.228. The van der Waals surface area contributed by atoms with Gasteiger partial charge in [-0.1, -0.05) is 12.1 Å². The van der Waals surface area contributed by atoms with E-state index in [0.29, 0.717) is 6.54 Å². The molecule has 27 heavy (non-hydrogen) atoms. The number of hydrogen-bond acceptors (Lipinski definition) is 4. The Bertz CT molecular complexity index is 935. The van der Waals surface area contributed by atoms with Gasteiger partial charge in [0.15, 0.2) is 12.4 Å². The van der Waals surface area contributed by atoms with E-state index in [1.165, 1.54) is 29.1 Å². The molecule has 0 aliphatic carbocycles. The van der Waals surface area contributed by atoms with Crippen molar-refractivity contribution in [1.29, 1.82) is 0 Å². The maximum Gasteiger partial charge on any atom is 0.418 e. The molecule has 2 N–H and O–H groups in total. The van der Waals surface area contributed by atoms with Crippen LogP contribution in [0, 0.1) is 0 Å². The maximum atomic E-state index is 13.0. The number of nitrogen functional groups attached to an aromatic ring is 1. The van der Waals surface area contributed by atoms with Gasteiger partial charge in [0.05, 0.1) is 24.0 Å². The summed E-state index contributed by atoms with van der Waals surface area (Å²) in [6.07, 6.45) is 0.653. The van der Waals surface area contributed by atoms with E-state index in [-0.39, 0.29) is 29.6 Å². The van der Waals surface area contributed by atoms with Crippen molar-refractivity contribution in [2.24, 2.45) is 17.3 Å². The van der Waals surface area contributed by atoms with Gasteiger partial charge in [0.25, 0.3) is 0 Å². The first-order valence-electron chi connectivity index (χ1n) is 7.68. The van der Waals surface area contributed by atoms with Crippen LogP contribution in [0.2, 0.25) is 0 Å². The fourth-order valence-electron chi connectivity index (χ4n) is 2.31. The minimum Gasteiger partial charge on any atom is -1.00 e. The molecule has 0 saturated heterocycles. The van der Waals surface area contributed by atoms with Gasteiger partial charge in [0, 0.05) is 12.1 Å². The van der Waals surface area contributed by atoms with Gasteiger partial charge in [-0.25, -0.2) is 9.25 Å². The Morgan fingerprint density at radius 3 is 2.37 bits per heavy atom. The highest BCUT2D eigenvalue weighted by Gasteiger charge is 2.33. The molecule has 0 radical (unpaired) electrons. The molecule has 0 saturated carbocycles. The standard InChI is InChI=1S/C17H16F3N6.ClH/c1-25-8-6-12(7-9-25)11-26-16(21)15(10-22-26)24-23-14-5-3-2-4-13(14)17(18,19)20;/h2-10H,11,21H2,1H3;1H/q+1;/p-1. The number of benzene rings is 1. The first kappa shape index (κ1) is 20.4. The average molecular weight is 397 g/mol. The van der Waals surface area contributed by atoms with Crippen LogP contribution in [-0.2, 0) is 19.8 Å². The first-order valence-corrected chi connectivity index (χ1v) is 7.68. The fourth-order valence-corrected chi connectivity index (χ4v) is 2.31. The van der Waals surface area contributed by atoms with Gasteiger partial charge in [-0.2, -0.15) is 18.3 Å². The minimum absolute atomic E-state index is 0. The van der Waals surface area contributed by atoms with Crippen LogP contribution in [0.5, 0.6) is 0 Å². The monoisotopic (exact) mass is 396 g/mol. The zero-order valence-corrected chi connectivity index (χ0v) is 15.0. The van der Waals surface area contributed by atoms with Crippen LogP contribution in [0.25, 0.3) is 0 Å². The minimum atomic E-state index is -4.51. The van der Waals surface area contributed by atoms with Crippen LogP contribution in [0.4, 0.5) is 30.4 Å². The molecule has 10 heteroatoms. The molecular formula is C17H16ClF3N6. The third-order valence-corrected chi connectivity index (χ3v) is 3.71. The maximum absolute atomic E-state index is 13.0. The number of azo groups is 1. The molecule has 3 rings (SSSR count). The second kappa shape index (κ2) is 8.17. The second-order valence-corrected chi connectivity index (χ2v) is 5.66. The molecule has 0 spiro atoms. The van der Waals surface area contributed by atoms with Crippen molar-refractivity contribution in [3.8, 4) is 0 Å². The Balaban J connectivity index is 0.00000261. The lowest BCUT2D eigenvalue weighted by Crippen LogP contribution is -3.00. The fraction of sp³-hybridized carbons (Fsp3) is 0.176. The third kappa shape index (κ3) is 4.82. The molecular weight excluding hydrogens is 381 g/mol. The van der Waals surface area contributed by atoms with Crippen LogP contribution in [0.3, 0.4) is 0 Å². The molecule has 0 aliphatic heterocycles. The van der Waals surface area contributed by atoms with Crippen LogP contribution >= 0.6 is 0 Å². The van der Waals surface area contributed by atoms with Gasteiger partial charge < -0.3 is 18.1 Å². The summed E-state index contributed by atoms with van der Waals surface area (Å²) in [6.45, 7) is 0.418. The number of aromatic nitrogens is 3. The number of hydrogen-bond donors (Lipinski definition) is 1. The number of pyridine rings is 1. The van der Waals surface area contributed by atoms with E-state index < -0.39 is 11.7 Å². The molecule has 1 aromatic carbocycles. The smallest absolute Gasteiger partial charge is 0.418 e. The van der Waals surface area contributed by atoms with Crippen molar-refractivity contribution >= 4 is 17.2 Å². The Kier molecular flexibility index (Phi) is 6.17. The predicted octanol–water partition coefficient (Wildman–Crippen LogP) is 0.776. The summed E-state index contributed by atoms with van der Waals surface area (Å²) in [4.78, 5) is 0. The Labute approximate surface area is 159 Å². The van der Waals surface area contributed by atoms with Gasteiger partial charge >= 0.3 is 6.18 Å². The summed E-state index contributed by atoms with van der Waals surface area (Å²) in [5, 5.41) is 11.7. The molecule has 0 bridgehead atoms. The highest BCUT2D eigenvalue weighted by molar-refractivity contribution is 5.57. The van der Waals surface area contributed by atoms with E-state index in [1.54, 1.807) is 0 Å². The van der Waals surface area contributed by atoms with Crippen molar-refractivity contribution in [3.63, 3.8) is 0 Å². The molecule has 2 heterocycles. The quantitative estimate of drug-likeness (QED) is 0.523. The van der Waals surface area contributed by atoms with E-state index in [1.807, 2.05) is 36.1 Å². The van der Waals surface area contributed by atoms with Crippen LogP contribution < -0.4 is 22.7 Å². The lowest BCUT2D eigenvalue weighted by molar-refractivity contribution is -0.671. The molecule has 0 atom stereocenters. The average Bonchev–Trinajstić information content (AvgIpc) is 2.94. The number of anilines is 1. The Morgan fingerprint density at radius 2 is 1.70 bits per heavy atom. The Hall–Kier alpha value is -2.94. The van der Waals surface area contributed by atoms with Crippen LogP contribution in [-0.4, -0.2) is 9.78 Å². The lowest BCUT2D eigenvalue weighted by atomic mass is 10.2. The van der Waals surface area contributed by atoms with Crippen molar-refractivity contribution in [3.05, 3.63) is 66.1 Å². The number of alkyl halides is 3. The molecule has 142 valence electrons. The normalized spacial score (nSPS) is 11.6. The lowest BCUT2D eigenvalue weighted by Gasteiger charge is -2.08.